The van der Waals surface area contributed by atoms with Gasteiger partial charge in [-0.25, -0.2) is 0 Å². The van der Waals surface area contributed by atoms with Crippen molar-refractivity contribution in [3.8, 4) is 0 Å². The largest absolute Gasteiger partial charge is 0.324 e. The summed E-state index contributed by atoms with van der Waals surface area (Å²) in [4.78, 5) is 28.7. The van der Waals surface area contributed by atoms with Crippen molar-refractivity contribution in [3.63, 3.8) is 0 Å². The molecule has 1 aliphatic rings. The van der Waals surface area contributed by atoms with Crippen LogP contribution in [0.15, 0.2) is 77.7 Å². The Morgan fingerprint density at radius 3 is 2.57 bits per heavy atom. The van der Waals surface area contributed by atoms with Crippen molar-refractivity contribution in [2.24, 2.45) is 0 Å². The first-order valence-electron chi connectivity index (χ1n) is 9.99. The summed E-state index contributed by atoms with van der Waals surface area (Å²) >= 11 is 1.68. The molecule has 1 aliphatic heterocycles. The van der Waals surface area contributed by atoms with E-state index < -0.39 is 0 Å². The Morgan fingerprint density at radius 1 is 1.03 bits per heavy atom. The number of nitrogens with zero attached hydrogens (tertiary/aromatic N) is 1. The van der Waals surface area contributed by atoms with Crippen molar-refractivity contribution in [2.75, 3.05) is 16.8 Å². The minimum atomic E-state index is -0.199. The SMILES string of the molecule is Cc1ccc(C)c(NC(=O)CN2C(=O)C[C@H](c3ccccc3)Sc3ccccc32)c1. The van der Waals surface area contributed by atoms with Gasteiger partial charge in [-0.1, -0.05) is 54.6 Å². The number of hydrogen-bond donors (Lipinski definition) is 1. The van der Waals surface area contributed by atoms with Crippen LogP contribution in [0.4, 0.5) is 11.4 Å². The first kappa shape index (κ1) is 20.2. The Kier molecular flexibility index (Phi) is 5.91. The highest BCUT2D eigenvalue weighted by Gasteiger charge is 2.30. The minimum absolute atomic E-state index is 0.00863. The maximum absolute atomic E-state index is 13.2. The summed E-state index contributed by atoms with van der Waals surface area (Å²) in [7, 11) is 0. The van der Waals surface area contributed by atoms with Crippen LogP contribution in [0.1, 0.15) is 28.4 Å². The van der Waals surface area contributed by atoms with Crippen LogP contribution in [-0.4, -0.2) is 18.4 Å². The Bertz CT molecular complexity index is 1080. The first-order chi connectivity index (χ1) is 14.5. The Labute approximate surface area is 181 Å². The predicted molar refractivity (Wildman–Crippen MR) is 123 cm³/mol. The summed E-state index contributed by atoms with van der Waals surface area (Å²) in [5.41, 5.74) is 4.77. The fourth-order valence-corrected chi connectivity index (χ4v) is 4.89. The fourth-order valence-electron chi connectivity index (χ4n) is 3.61. The molecule has 3 aromatic rings. The standard InChI is InChI=1S/C25H24N2O2S/c1-17-12-13-18(2)20(14-17)26-24(28)16-27-21-10-6-7-11-22(21)30-23(15-25(27)29)19-8-4-3-5-9-19/h3-14,23H,15-16H2,1-2H3,(H,26,28)/t23-/m1/s1. The molecule has 1 heterocycles. The summed E-state index contributed by atoms with van der Waals surface area (Å²) in [6.07, 6.45) is 0.347. The third kappa shape index (κ3) is 4.41. The molecule has 3 aromatic carbocycles. The molecule has 0 aromatic heterocycles. The zero-order chi connectivity index (χ0) is 21.1. The van der Waals surface area contributed by atoms with Crippen molar-refractivity contribution in [2.45, 2.75) is 30.4 Å². The molecule has 0 spiro atoms. The molecule has 0 radical (unpaired) electrons. The van der Waals surface area contributed by atoms with Gasteiger partial charge >= 0.3 is 0 Å². The summed E-state index contributed by atoms with van der Waals surface area (Å²) in [5.74, 6) is -0.243. The number of anilines is 2. The molecule has 0 saturated heterocycles. The third-order valence-corrected chi connectivity index (χ3v) is 6.55. The van der Waals surface area contributed by atoms with Crippen LogP contribution in [0.2, 0.25) is 0 Å². The molecule has 0 bridgehead atoms. The van der Waals surface area contributed by atoms with Crippen LogP contribution < -0.4 is 10.2 Å². The average molecular weight is 417 g/mol. The van der Waals surface area contributed by atoms with Gasteiger partial charge in [-0.2, -0.15) is 0 Å². The van der Waals surface area contributed by atoms with Crippen molar-refractivity contribution < 1.29 is 9.59 Å². The number of fused-ring (bicyclic) bond motifs is 1. The van der Waals surface area contributed by atoms with Gasteiger partial charge in [0.25, 0.3) is 0 Å². The number of benzene rings is 3. The van der Waals surface area contributed by atoms with Gasteiger partial charge in [0.2, 0.25) is 11.8 Å². The molecule has 4 nitrogen and oxygen atoms in total. The van der Waals surface area contributed by atoms with Gasteiger partial charge in [-0.05, 0) is 48.7 Å². The quantitative estimate of drug-likeness (QED) is 0.610. The van der Waals surface area contributed by atoms with Crippen LogP contribution in [0.25, 0.3) is 0 Å². The molecule has 0 unspecified atom stereocenters. The average Bonchev–Trinajstić information content (AvgIpc) is 2.88. The van der Waals surface area contributed by atoms with Gasteiger partial charge in [0, 0.05) is 22.3 Å². The number of amides is 2. The molecule has 0 aliphatic carbocycles. The number of hydrogen-bond acceptors (Lipinski definition) is 3. The van der Waals surface area contributed by atoms with E-state index in [-0.39, 0.29) is 23.6 Å². The Hall–Kier alpha value is -3.05. The summed E-state index contributed by atoms with van der Waals surface area (Å²) < 4.78 is 0. The van der Waals surface area contributed by atoms with Gasteiger partial charge in [0.05, 0.1) is 5.69 Å². The topological polar surface area (TPSA) is 49.4 Å². The molecular weight excluding hydrogens is 392 g/mol. The molecule has 152 valence electrons. The van der Waals surface area contributed by atoms with E-state index in [2.05, 4.69) is 17.4 Å². The van der Waals surface area contributed by atoms with E-state index in [1.165, 1.54) is 0 Å². The van der Waals surface area contributed by atoms with E-state index >= 15 is 0 Å². The normalized spacial score (nSPS) is 16.0. The number of thioether (sulfide) groups is 1. The lowest BCUT2D eigenvalue weighted by Gasteiger charge is -2.22. The highest BCUT2D eigenvalue weighted by Crippen LogP contribution is 2.45. The molecule has 1 N–H and O–H groups in total. The monoisotopic (exact) mass is 416 g/mol. The van der Waals surface area contributed by atoms with E-state index in [1.54, 1.807) is 16.7 Å². The van der Waals surface area contributed by atoms with Gasteiger partial charge in [-0.3, -0.25) is 9.59 Å². The lowest BCUT2D eigenvalue weighted by Crippen LogP contribution is -2.38. The van der Waals surface area contributed by atoms with Crippen LogP contribution in [0, 0.1) is 13.8 Å². The second kappa shape index (κ2) is 8.76. The van der Waals surface area contributed by atoms with Crippen molar-refractivity contribution in [1.82, 2.24) is 0 Å². The fraction of sp³-hybridized carbons (Fsp3) is 0.200. The van der Waals surface area contributed by atoms with E-state index in [4.69, 9.17) is 0 Å². The van der Waals surface area contributed by atoms with E-state index in [9.17, 15) is 9.59 Å². The summed E-state index contributed by atoms with van der Waals surface area (Å²) in [6, 6.07) is 23.8. The van der Waals surface area contributed by atoms with Crippen LogP contribution in [0.3, 0.4) is 0 Å². The number of para-hydroxylation sites is 1. The number of rotatable bonds is 4. The smallest absolute Gasteiger partial charge is 0.244 e. The van der Waals surface area contributed by atoms with E-state index in [1.807, 2.05) is 74.5 Å². The van der Waals surface area contributed by atoms with Crippen molar-refractivity contribution >= 4 is 35.0 Å². The molecular formula is C25H24N2O2S. The molecule has 30 heavy (non-hydrogen) atoms. The van der Waals surface area contributed by atoms with Crippen molar-refractivity contribution in [1.29, 1.82) is 0 Å². The molecule has 1 atom stereocenters. The van der Waals surface area contributed by atoms with Crippen LogP contribution in [-0.2, 0) is 9.59 Å². The number of carbonyl (C=O) groups is 2. The maximum atomic E-state index is 13.2. The predicted octanol–water partition coefficient (Wildman–Crippen LogP) is 5.51. The van der Waals surface area contributed by atoms with E-state index in [0.29, 0.717) is 6.42 Å². The molecule has 2 amide bonds. The second-order valence-corrected chi connectivity index (χ2v) is 8.78. The van der Waals surface area contributed by atoms with Crippen LogP contribution >= 0.6 is 11.8 Å². The lowest BCUT2D eigenvalue weighted by atomic mass is 10.1. The zero-order valence-electron chi connectivity index (χ0n) is 17.1. The maximum Gasteiger partial charge on any atom is 0.244 e. The molecule has 0 saturated carbocycles. The Balaban J connectivity index is 1.59. The highest BCUT2D eigenvalue weighted by atomic mass is 32.2. The molecule has 5 heteroatoms. The van der Waals surface area contributed by atoms with Crippen LogP contribution in [0.5, 0.6) is 0 Å². The van der Waals surface area contributed by atoms with Gasteiger partial charge in [-0.15, -0.1) is 11.8 Å². The first-order valence-corrected chi connectivity index (χ1v) is 10.9. The van der Waals surface area contributed by atoms with E-state index in [0.717, 1.165) is 33.0 Å². The number of carbonyl (C=O) groups excluding carboxylic acids is 2. The number of aryl methyl sites for hydroxylation is 2. The second-order valence-electron chi connectivity index (χ2n) is 7.54. The summed E-state index contributed by atoms with van der Waals surface area (Å²) in [6.45, 7) is 3.94. The molecule has 0 fully saturated rings. The van der Waals surface area contributed by atoms with Gasteiger partial charge in [0.15, 0.2) is 0 Å². The zero-order valence-corrected chi connectivity index (χ0v) is 17.9. The lowest BCUT2D eigenvalue weighted by molar-refractivity contribution is -0.121. The van der Waals surface area contributed by atoms with Crippen molar-refractivity contribution in [3.05, 3.63) is 89.5 Å². The molecule has 4 rings (SSSR count). The minimum Gasteiger partial charge on any atom is -0.324 e. The highest BCUT2D eigenvalue weighted by molar-refractivity contribution is 7.99. The van der Waals surface area contributed by atoms with Gasteiger partial charge in [0.1, 0.15) is 6.54 Å². The number of nitrogens with one attached hydrogen (secondary N) is 1. The Morgan fingerprint density at radius 2 is 1.77 bits per heavy atom. The third-order valence-electron chi connectivity index (χ3n) is 5.23. The van der Waals surface area contributed by atoms with Gasteiger partial charge < -0.3 is 10.2 Å². The summed E-state index contributed by atoms with van der Waals surface area (Å²) in [5, 5.41) is 2.99.